The third-order valence-electron chi connectivity index (χ3n) is 2.65. The van der Waals surface area contributed by atoms with E-state index in [1.54, 1.807) is 0 Å². The number of halogens is 1. The highest BCUT2D eigenvalue weighted by molar-refractivity contribution is 6.32. The standard InChI is InChI=1S/C12H16ClNO/c1-8(14)10-4-5-12(11(13)6-10)15-7-9-2-3-9/h4-6,8-9H,2-3,7,14H2,1H3/t8-/m1/s1. The van der Waals surface area contributed by atoms with Crippen molar-refractivity contribution in [2.24, 2.45) is 11.7 Å². The van der Waals surface area contributed by atoms with Gasteiger partial charge in [-0.05, 0) is 43.4 Å². The summed E-state index contributed by atoms with van der Waals surface area (Å²) < 4.78 is 5.62. The van der Waals surface area contributed by atoms with Crippen molar-refractivity contribution >= 4 is 11.6 Å². The number of nitrogens with two attached hydrogens (primary N) is 1. The summed E-state index contributed by atoms with van der Waals surface area (Å²) in [4.78, 5) is 0. The molecule has 0 saturated heterocycles. The molecule has 82 valence electrons. The number of ether oxygens (including phenoxy) is 1. The fourth-order valence-corrected chi connectivity index (χ4v) is 1.65. The minimum absolute atomic E-state index is 0.0139. The Morgan fingerprint density at radius 1 is 1.53 bits per heavy atom. The Balaban J connectivity index is 2.04. The van der Waals surface area contributed by atoms with E-state index in [0.29, 0.717) is 5.02 Å². The average molecular weight is 226 g/mol. The molecule has 2 rings (SSSR count). The van der Waals surface area contributed by atoms with E-state index < -0.39 is 0 Å². The van der Waals surface area contributed by atoms with Crippen LogP contribution < -0.4 is 10.5 Å². The van der Waals surface area contributed by atoms with Gasteiger partial charge in [-0.25, -0.2) is 0 Å². The minimum atomic E-state index is 0.0139. The molecule has 0 unspecified atom stereocenters. The maximum Gasteiger partial charge on any atom is 0.137 e. The monoisotopic (exact) mass is 225 g/mol. The molecule has 0 aliphatic heterocycles. The van der Waals surface area contributed by atoms with Crippen LogP contribution in [-0.2, 0) is 0 Å². The second-order valence-electron chi connectivity index (χ2n) is 4.23. The Kier molecular flexibility index (Phi) is 3.17. The van der Waals surface area contributed by atoms with E-state index in [-0.39, 0.29) is 6.04 Å². The van der Waals surface area contributed by atoms with Gasteiger partial charge in [-0.3, -0.25) is 0 Å². The van der Waals surface area contributed by atoms with E-state index in [2.05, 4.69) is 0 Å². The minimum Gasteiger partial charge on any atom is -0.492 e. The van der Waals surface area contributed by atoms with Crippen LogP contribution in [0.1, 0.15) is 31.4 Å². The van der Waals surface area contributed by atoms with Crippen LogP contribution in [0.5, 0.6) is 5.75 Å². The molecule has 1 aromatic rings. The fourth-order valence-electron chi connectivity index (χ4n) is 1.41. The number of hydrogen-bond acceptors (Lipinski definition) is 2. The molecule has 0 amide bonds. The van der Waals surface area contributed by atoms with Gasteiger partial charge in [0.1, 0.15) is 5.75 Å². The predicted molar refractivity (Wildman–Crippen MR) is 62.3 cm³/mol. The fraction of sp³-hybridized carbons (Fsp3) is 0.500. The van der Waals surface area contributed by atoms with Crippen LogP contribution in [0.3, 0.4) is 0 Å². The molecular weight excluding hydrogens is 210 g/mol. The van der Waals surface area contributed by atoms with Crippen LogP contribution >= 0.6 is 11.6 Å². The lowest BCUT2D eigenvalue weighted by Gasteiger charge is -2.10. The molecule has 1 aliphatic rings. The lowest BCUT2D eigenvalue weighted by molar-refractivity contribution is 0.300. The Labute approximate surface area is 95.4 Å². The summed E-state index contributed by atoms with van der Waals surface area (Å²) in [7, 11) is 0. The van der Waals surface area contributed by atoms with Crippen LogP contribution in [0.15, 0.2) is 18.2 Å². The van der Waals surface area contributed by atoms with Gasteiger partial charge >= 0.3 is 0 Å². The molecule has 0 radical (unpaired) electrons. The van der Waals surface area contributed by atoms with Gasteiger partial charge in [0.25, 0.3) is 0 Å². The molecule has 0 heterocycles. The molecule has 2 nitrogen and oxygen atoms in total. The molecule has 1 atom stereocenters. The zero-order valence-electron chi connectivity index (χ0n) is 8.87. The summed E-state index contributed by atoms with van der Waals surface area (Å²) in [6.45, 7) is 2.73. The van der Waals surface area contributed by atoms with Crippen molar-refractivity contribution in [1.82, 2.24) is 0 Å². The molecule has 1 saturated carbocycles. The van der Waals surface area contributed by atoms with Crippen molar-refractivity contribution in [2.45, 2.75) is 25.8 Å². The highest BCUT2D eigenvalue weighted by Gasteiger charge is 2.22. The molecule has 15 heavy (non-hydrogen) atoms. The van der Waals surface area contributed by atoms with E-state index in [0.717, 1.165) is 23.8 Å². The molecule has 0 aromatic heterocycles. The maximum atomic E-state index is 6.10. The summed E-state index contributed by atoms with van der Waals surface area (Å²) in [5.74, 6) is 1.52. The normalized spacial score (nSPS) is 17.5. The molecule has 0 bridgehead atoms. The molecule has 3 heteroatoms. The van der Waals surface area contributed by atoms with Crippen LogP contribution in [0.25, 0.3) is 0 Å². The first kappa shape index (κ1) is 10.8. The molecular formula is C12H16ClNO. The van der Waals surface area contributed by atoms with Gasteiger partial charge in [-0.1, -0.05) is 17.7 Å². The Bertz CT molecular complexity index is 347. The zero-order chi connectivity index (χ0) is 10.8. The van der Waals surface area contributed by atoms with Crippen molar-refractivity contribution in [3.8, 4) is 5.75 Å². The third-order valence-corrected chi connectivity index (χ3v) is 2.95. The van der Waals surface area contributed by atoms with Gasteiger partial charge in [-0.15, -0.1) is 0 Å². The van der Waals surface area contributed by atoms with Crippen molar-refractivity contribution in [1.29, 1.82) is 0 Å². The largest absolute Gasteiger partial charge is 0.492 e. The van der Waals surface area contributed by atoms with Crippen molar-refractivity contribution in [2.75, 3.05) is 6.61 Å². The summed E-state index contributed by atoms with van der Waals surface area (Å²) >= 11 is 6.10. The number of hydrogen-bond donors (Lipinski definition) is 1. The van der Waals surface area contributed by atoms with Crippen LogP contribution in [0.2, 0.25) is 5.02 Å². The first-order valence-corrected chi connectivity index (χ1v) is 5.72. The Morgan fingerprint density at radius 2 is 2.27 bits per heavy atom. The highest BCUT2D eigenvalue weighted by atomic mass is 35.5. The summed E-state index contributed by atoms with van der Waals surface area (Å²) in [5.41, 5.74) is 6.81. The highest BCUT2D eigenvalue weighted by Crippen LogP contribution is 2.32. The predicted octanol–water partition coefficient (Wildman–Crippen LogP) is 3.15. The summed E-state index contributed by atoms with van der Waals surface area (Å²) in [5, 5.41) is 0.658. The van der Waals surface area contributed by atoms with Gasteiger partial charge in [0.2, 0.25) is 0 Å². The maximum absolute atomic E-state index is 6.10. The van der Waals surface area contributed by atoms with Crippen LogP contribution in [0.4, 0.5) is 0 Å². The van der Waals surface area contributed by atoms with Crippen molar-refractivity contribution in [3.05, 3.63) is 28.8 Å². The van der Waals surface area contributed by atoms with Crippen molar-refractivity contribution in [3.63, 3.8) is 0 Å². The quantitative estimate of drug-likeness (QED) is 0.855. The first-order valence-electron chi connectivity index (χ1n) is 5.34. The molecule has 2 N–H and O–H groups in total. The number of benzene rings is 1. The lowest BCUT2D eigenvalue weighted by Crippen LogP contribution is -2.05. The van der Waals surface area contributed by atoms with Gasteiger partial charge in [0.15, 0.2) is 0 Å². The number of rotatable bonds is 4. The second-order valence-corrected chi connectivity index (χ2v) is 4.64. The van der Waals surface area contributed by atoms with E-state index in [9.17, 15) is 0 Å². The van der Waals surface area contributed by atoms with Gasteiger partial charge in [0, 0.05) is 6.04 Å². The molecule has 1 fully saturated rings. The van der Waals surface area contributed by atoms with E-state index in [4.69, 9.17) is 22.1 Å². The molecule has 1 aliphatic carbocycles. The van der Waals surface area contributed by atoms with E-state index >= 15 is 0 Å². The first-order chi connectivity index (χ1) is 7.16. The average Bonchev–Trinajstić information content (AvgIpc) is 2.99. The Hall–Kier alpha value is -0.730. The molecule has 0 spiro atoms. The third kappa shape index (κ3) is 2.86. The topological polar surface area (TPSA) is 35.2 Å². The Morgan fingerprint density at radius 3 is 2.80 bits per heavy atom. The van der Waals surface area contributed by atoms with Crippen LogP contribution in [-0.4, -0.2) is 6.61 Å². The summed E-state index contributed by atoms with van der Waals surface area (Å²) in [6.07, 6.45) is 2.57. The van der Waals surface area contributed by atoms with Gasteiger partial charge < -0.3 is 10.5 Å². The van der Waals surface area contributed by atoms with Gasteiger partial charge in [0.05, 0.1) is 11.6 Å². The zero-order valence-corrected chi connectivity index (χ0v) is 9.63. The van der Waals surface area contributed by atoms with Crippen molar-refractivity contribution < 1.29 is 4.74 Å². The second kappa shape index (κ2) is 4.42. The smallest absolute Gasteiger partial charge is 0.137 e. The van der Waals surface area contributed by atoms with E-state index in [1.165, 1.54) is 12.8 Å². The summed E-state index contributed by atoms with van der Waals surface area (Å²) in [6, 6.07) is 5.77. The van der Waals surface area contributed by atoms with E-state index in [1.807, 2.05) is 25.1 Å². The molecule has 1 aromatic carbocycles. The SMILES string of the molecule is C[C@@H](N)c1ccc(OCC2CC2)c(Cl)c1. The van der Waals surface area contributed by atoms with Crippen LogP contribution in [0, 0.1) is 5.92 Å². The lowest BCUT2D eigenvalue weighted by atomic mass is 10.1. The van der Waals surface area contributed by atoms with Gasteiger partial charge in [-0.2, -0.15) is 0 Å².